The fraction of sp³-hybridized carbons (Fsp3) is 0. The van der Waals surface area contributed by atoms with Crippen LogP contribution in [0.25, 0.3) is 10.9 Å². The minimum absolute atomic E-state index is 0.377. The fourth-order valence-corrected chi connectivity index (χ4v) is 1.30. The van der Waals surface area contributed by atoms with Crippen molar-refractivity contribution in [2.75, 3.05) is 5.73 Å². The summed E-state index contributed by atoms with van der Waals surface area (Å²) in [5.41, 5.74) is 7.35. The molecule has 14 heavy (non-hydrogen) atoms. The Morgan fingerprint density at radius 1 is 1.21 bits per heavy atom. The largest absolute Gasteiger partial charge is 0.490 e. The van der Waals surface area contributed by atoms with Crippen molar-refractivity contribution >= 4 is 29.2 Å². The van der Waals surface area contributed by atoms with Gasteiger partial charge < -0.3 is 15.8 Å². The Morgan fingerprint density at radius 3 is 2.71 bits per heavy atom. The Bertz CT molecular complexity index is 473. The molecule has 1 aromatic heterocycles. The van der Waals surface area contributed by atoms with Crippen molar-refractivity contribution in [3.05, 3.63) is 30.5 Å². The third kappa shape index (κ3) is 1.55. The van der Waals surface area contributed by atoms with Gasteiger partial charge in [0.25, 0.3) is 0 Å². The summed E-state index contributed by atoms with van der Waals surface area (Å²) in [7, 11) is -1.48. The summed E-state index contributed by atoms with van der Waals surface area (Å²) in [5, 5.41) is 18.7. The number of rotatable bonds is 1. The van der Waals surface area contributed by atoms with Gasteiger partial charge in [-0.05, 0) is 17.5 Å². The van der Waals surface area contributed by atoms with Crippen LogP contribution in [-0.2, 0) is 0 Å². The number of pyridine rings is 1. The zero-order valence-corrected chi connectivity index (χ0v) is 7.38. The molecule has 0 saturated heterocycles. The maximum absolute atomic E-state index is 8.93. The van der Waals surface area contributed by atoms with Gasteiger partial charge in [0, 0.05) is 17.3 Å². The Hall–Kier alpha value is -1.59. The van der Waals surface area contributed by atoms with Gasteiger partial charge in [0.15, 0.2) is 0 Å². The zero-order chi connectivity index (χ0) is 10.1. The van der Waals surface area contributed by atoms with Crippen molar-refractivity contribution in [3.8, 4) is 0 Å². The van der Waals surface area contributed by atoms with Crippen molar-refractivity contribution in [2.24, 2.45) is 0 Å². The third-order valence-electron chi connectivity index (χ3n) is 2.03. The number of hydrogen-bond acceptors (Lipinski definition) is 4. The number of nitrogens with two attached hydrogens (primary N) is 1. The molecule has 0 aliphatic heterocycles. The van der Waals surface area contributed by atoms with Crippen LogP contribution in [0.3, 0.4) is 0 Å². The van der Waals surface area contributed by atoms with Gasteiger partial charge in [-0.2, -0.15) is 0 Å². The second-order valence-electron chi connectivity index (χ2n) is 3.09. The summed E-state index contributed by atoms with van der Waals surface area (Å²) in [4.78, 5) is 4.06. The first kappa shape index (κ1) is 8.99. The van der Waals surface area contributed by atoms with Gasteiger partial charge in [0.05, 0.1) is 5.52 Å². The monoisotopic (exact) mass is 188 g/mol. The van der Waals surface area contributed by atoms with E-state index in [1.54, 1.807) is 24.3 Å². The van der Waals surface area contributed by atoms with Crippen LogP contribution in [-0.4, -0.2) is 22.2 Å². The maximum atomic E-state index is 8.93. The molecule has 4 N–H and O–H groups in total. The highest BCUT2D eigenvalue weighted by Crippen LogP contribution is 2.13. The number of anilines is 1. The molecule has 2 rings (SSSR count). The smallest absolute Gasteiger partial charge is 0.423 e. The quantitative estimate of drug-likeness (QED) is 0.416. The normalized spacial score (nSPS) is 10.4. The highest BCUT2D eigenvalue weighted by Gasteiger charge is 2.11. The summed E-state index contributed by atoms with van der Waals surface area (Å²) in [6.45, 7) is 0. The molecule has 0 saturated carbocycles. The van der Waals surface area contributed by atoms with Crippen molar-refractivity contribution < 1.29 is 10.0 Å². The van der Waals surface area contributed by atoms with Gasteiger partial charge >= 0.3 is 7.12 Å². The molecule has 0 fully saturated rings. The molecule has 0 spiro atoms. The lowest BCUT2D eigenvalue weighted by atomic mass is 9.81. The second-order valence-corrected chi connectivity index (χ2v) is 3.09. The molecule has 0 amide bonds. The fourth-order valence-electron chi connectivity index (χ4n) is 1.30. The van der Waals surface area contributed by atoms with E-state index in [0.29, 0.717) is 11.2 Å². The molecule has 0 atom stereocenters. The van der Waals surface area contributed by atoms with Crippen LogP contribution >= 0.6 is 0 Å². The van der Waals surface area contributed by atoms with E-state index in [2.05, 4.69) is 4.98 Å². The van der Waals surface area contributed by atoms with E-state index in [1.807, 2.05) is 0 Å². The van der Waals surface area contributed by atoms with Crippen LogP contribution in [0.5, 0.6) is 0 Å². The van der Waals surface area contributed by atoms with Gasteiger partial charge in [0.2, 0.25) is 0 Å². The third-order valence-corrected chi connectivity index (χ3v) is 2.03. The highest BCUT2D eigenvalue weighted by molar-refractivity contribution is 6.58. The van der Waals surface area contributed by atoms with Gasteiger partial charge in [0.1, 0.15) is 0 Å². The van der Waals surface area contributed by atoms with Crippen LogP contribution < -0.4 is 11.2 Å². The number of benzene rings is 1. The molecule has 1 heterocycles. The molecular weight excluding hydrogens is 179 g/mol. The first-order valence-corrected chi connectivity index (χ1v) is 4.18. The Balaban J connectivity index is 2.62. The Morgan fingerprint density at radius 2 is 2.00 bits per heavy atom. The average Bonchev–Trinajstić information content (AvgIpc) is 2.16. The predicted molar refractivity (Wildman–Crippen MR) is 56.0 cm³/mol. The van der Waals surface area contributed by atoms with E-state index in [-0.39, 0.29) is 0 Å². The van der Waals surface area contributed by atoms with Crippen LogP contribution in [0.2, 0.25) is 0 Å². The van der Waals surface area contributed by atoms with E-state index in [9.17, 15) is 0 Å². The first-order valence-electron chi connectivity index (χ1n) is 4.18. The zero-order valence-electron chi connectivity index (χ0n) is 7.38. The number of hydrogen-bond donors (Lipinski definition) is 3. The van der Waals surface area contributed by atoms with Crippen LogP contribution in [0.15, 0.2) is 30.5 Å². The average molecular weight is 188 g/mol. The second kappa shape index (κ2) is 3.28. The van der Waals surface area contributed by atoms with Crippen molar-refractivity contribution in [3.63, 3.8) is 0 Å². The summed E-state index contributed by atoms with van der Waals surface area (Å²) >= 11 is 0. The lowest BCUT2D eigenvalue weighted by molar-refractivity contribution is 0.425. The summed E-state index contributed by atoms with van der Waals surface area (Å²) in [6.07, 6.45) is 1.42. The number of fused-ring (bicyclic) bond motifs is 1. The van der Waals surface area contributed by atoms with Crippen molar-refractivity contribution in [1.29, 1.82) is 0 Å². The molecule has 0 unspecified atom stereocenters. The lowest BCUT2D eigenvalue weighted by Gasteiger charge is -2.02. The molecule has 0 aliphatic carbocycles. The van der Waals surface area contributed by atoms with E-state index < -0.39 is 7.12 Å². The summed E-state index contributed by atoms with van der Waals surface area (Å²) < 4.78 is 0. The summed E-state index contributed by atoms with van der Waals surface area (Å²) in [5.74, 6) is 0. The first-order chi connectivity index (χ1) is 6.66. The van der Waals surface area contributed by atoms with E-state index in [1.165, 1.54) is 6.20 Å². The van der Waals surface area contributed by atoms with E-state index >= 15 is 0 Å². The molecule has 0 aliphatic rings. The Labute approximate surface area is 81.2 Å². The lowest BCUT2D eigenvalue weighted by Crippen LogP contribution is -2.29. The SMILES string of the molecule is Nc1ccc2cc(B(O)O)cnc2c1. The molecule has 70 valence electrons. The molecule has 0 radical (unpaired) electrons. The van der Waals surface area contributed by atoms with Crippen molar-refractivity contribution in [2.45, 2.75) is 0 Å². The molecule has 1 aromatic carbocycles. The van der Waals surface area contributed by atoms with Crippen molar-refractivity contribution in [1.82, 2.24) is 4.98 Å². The minimum Gasteiger partial charge on any atom is -0.423 e. The number of nitrogens with zero attached hydrogens (tertiary/aromatic N) is 1. The molecule has 4 nitrogen and oxygen atoms in total. The Kier molecular flexibility index (Phi) is 2.11. The molecule has 0 bridgehead atoms. The number of nitrogen functional groups attached to an aromatic ring is 1. The van der Waals surface area contributed by atoms with Crippen LogP contribution in [0, 0.1) is 0 Å². The van der Waals surface area contributed by atoms with Gasteiger partial charge in [-0.3, -0.25) is 4.98 Å². The minimum atomic E-state index is -1.48. The standard InChI is InChI=1S/C9H9BN2O2/c11-8-2-1-6-3-7(10(13)14)5-12-9(6)4-8/h1-5,13-14H,11H2. The van der Waals surface area contributed by atoms with E-state index in [4.69, 9.17) is 15.8 Å². The predicted octanol–water partition coefficient (Wildman–Crippen LogP) is -0.503. The molecular formula is C9H9BN2O2. The maximum Gasteiger partial charge on any atom is 0.490 e. The topological polar surface area (TPSA) is 79.4 Å². The van der Waals surface area contributed by atoms with E-state index in [0.717, 1.165) is 10.9 Å². The molecule has 5 heteroatoms. The van der Waals surface area contributed by atoms with Gasteiger partial charge in [-0.25, -0.2) is 0 Å². The number of aromatic nitrogens is 1. The molecule has 2 aromatic rings. The van der Waals surface area contributed by atoms with Crippen LogP contribution in [0.4, 0.5) is 5.69 Å². The van der Waals surface area contributed by atoms with Gasteiger partial charge in [-0.1, -0.05) is 12.1 Å². The van der Waals surface area contributed by atoms with Crippen LogP contribution in [0.1, 0.15) is 0 Å². The highest BCUT2D eigenvalue weighted by atomic mass is 16.4. The summed E-state index contributed by atoms with van der Waals surface area (Å²) in [6, 6.07) is 6.95. The van der Waals surface area contributed by atoms with Gasteiger partial charge in [-0.15, -0.1) is 0 Å².